The van der Waals surface area contributed by atoms with Gasteiger partial charge in [0.25, 0.3) is 0 Å². The molecule has 0 bridgehead atoms. The quantitative estimate of drug-likeness (QED) is 0.740. The number of benzene rings is 2. The smallest absolute Gasteiger partial charge is 0.234 e. The SMILES string of the molecule is COc1ccccc1N1C(SCC(=O)Nc2ccc(C)cc2C)=N[C@H]2CS(=O)(=O)C[C@@H]21. The number of ether oxygens (including phenoxy) is 1. The molecule has 9 heteroatoms. The maximum Gasteiger partial charge on any atom is 0.234 e. The first kappa shape index (κ1) is 21.7. The summed E-state index contributed by atoms with van der Waals surface area (Å²) in [5.74, 6) is 0.745. The first-order valence-electron chi connectivity index (χ1n) is 9.98. The molecule has 1 fully saturated rings. The van der Waals surface area contributed by atoms with Crippen molar-refractivity contribution in [1.29, 1.82) is 0 Å². The van der Waals surface area contributed by atoms with Gasteiger partial charge in [-0.1, -0.05) is 41.6 Å². The van der Waals surface area contributed by atoms with Crippen LogP contribution in [0.5, 0.6) is 5.75 Å². The van der Waals surface area contributed by atoms with E-state index in [2.05, 4.69) is 10.3 Å². The van der Waals surface area contributed by atoms with Gasteiger partial charge in [-0.2, -0.15) is 0 Å². The number of fused-ring (bicyclic) bond motifs is 1. The van der Waals surface area contributed by atoms with Gasteiger partial charge in [0.1, 0.15) is 5.75 Å². The fourth-order valence-electron chi connectivity index (χ4n) is 4.01. The minimum absolute atomic E-state index is 0.0299. The zero-order valence-electron chi connectivity index (χ0n) is 17.7. The molecule has 2 atom stereocenters. The molecule has 2 aliphatic heterocycles. The minimum Gasteiger partial charge on any atom is -0.495 e. The lowest BCUT2D eigenvalue weighted by atomic mass is 10.1. The molecule has 1 N–H and O–H groups in total. The van der Waals surface area contributed by atoms with Gasteiger partial charge in [0.15, 0.2) is 15.0 Å². The van der Waals surface area contributed by atoms with Gasteiger partial charge in [-0.05, 0) is 37.6 Å². The molecule has 164 valence electrons. The number of aliphatic imine (C=N–C) groups is 1. The summed E-state index contributed by atoms with van der Waals surface area (Å²) in [6, 6.07) is 12.7. The lowest BCUT2D eigenvalue weighted by Gasteiger charge is -2.27. The summed E-state index contributed by atoms with van der Waals surface area (Å²) in [4.78, 5) is 19.2. The van der Waals surface area contributed by atoms with Crippen LogP contribution in [0.1, 0.15) is 11.1 Å². The number of amides is 1. The van der Waals surface area contributed by atoms with Crippen LogP contribution < -0.4 is 15.0 Å². The third-order valence-electron chi connectivity index (χ3n) is 5.44. The van der Waals surface area contributed by atoms with Crippen LogP contribution in [0.3, 0.4) is 0 Å². The Morgan fingerprint density at radius 3 is 2.74 bits per heavy atom. The number of para-hydroxylation sites is 2. The summed E-state index contributed by atoms with van der Waals surface area (Å²) >= 11 is 1.31. The molecule has 0 aliphatic carbocycles. The zero-order valence-corrected chi connectivity index (χ0v) is 19.3. The number of thioether (sulfide) groups is 1. The maximum atomic E-state index is 12.6. The molecule has 2 heterocycles. The molecule has 4 rings (SSSR count). The molecule has 1 amide bonds. The van der Waals surface area contributed by atoms with Crippen LogP contribution in [0.15, 0.2) is 47.5 Å². The van der Waals surface area contributed by atoms with Gasteiger partial charge in [0, 0.05) is 5.69 Å². The van der Waals surface area contributed by atoms with Crippen molar-refractivity contribution in [3.05, 3.63) is 53.6 Å². The Hall–Kier alpha value is -2.52. The molecule has 2 aromatic rings. The Morgan fingerprint density at radius 2 is 2.00 bits per heavy atom. The van der Waals surface area contributed by atoms with E-state index >= 15 is 0 Å². The molecule has 0 saturated carbocycles. The molecular formula is C22H25N3O4S2. The van der Waals surface area contributed by atoms with E-state index in [1.54, 1.807) is 7.11 Å². The van der Waals surface area contributed by atoms with Crippen LogP contribution in [-0.2, 0) is 14.6 Å². The Labute approximate surface area is 186 Å². The largest absolute Gasteiger partial charge is 0.495 e. The summed E-state index contributed by atoms with van der Waals surface area (Å²) in [5.41, 5.74) is 3.69. The number of hydrogen-bond acceptors (Lipinski definition) is 7. The third kappa shape index (κ3) is 4.57. The van der Waals surface area contributed by atoms with Crippen LogP contribution >= 0.6 is 11.8 Å². The molecule has 0 radical (unpaired) electrons. The molecule has 2 aromatic carbocycles. The number of hydrogen-bond donors (Lipinski definition) is 1. The van der Waals surface area contributed by atoms with Crippen molar-refractivity contribution in [1.82, 2.24) is 0 Å². The minimum atomic E-state index is -3.15. The van der Waals surface area contributed by atoms with Gasteiger partial charge in [-0.25, -0.2) is 8.42 Å². The fraction of sp³-hybridized carbons (Fsp3) is 0.364. The summed E-state index contributed by atoms with van der Waals surface area (Å²) in [7, 11) is -1.57. The lowest BCUT2D eigenvalue weighted by molar-refractivity contribution is -0.113. The van der Waals surface area contributed by atoms with Gasteiger partial charge < -0.3 is 15.0 Å². The number of nitrogens with zero attached hydrogens (tertiary/aromatic N) is 2. The van der Waals surface area contributed by atoms with E-state index in [0.717, 1.165) is 22.5 Å². The number of rotatable bonds is 5. The second kappa shape index (κ2) is 8.55. The van der Waals surface area contributed by atoms with E-state index < -0.39 is 9.84 Å². The Balaban J connectivity index is 1.53. The topological polar surface area (TPSA) is 88.1 Å². The van der Waals surface area contributed by atoms with Gasteiger partial charge in [-0.15, -0.1) is 0 Å². The van der Waals surface area contributed by atoms with Crippen LogP contribution in [-0.4, -0.2) is 55.9 Å². The highest BCUT2D eigenvalue weighted by Gasteiger charge is 2.47. The number of nitrogens with one attached hydrogen (secondary N) is 1. The first-order chi connectivity index (χ1) is 14.8. The van der Waals surface area contributed by atoms with Gasteiger partial charge >= 0.3 is 0 Å². The lowest BCUT2D eigenvalue weighted by Crippen LogP contribution is -2.39. The summed E-state index contributed by atoms with van der Waals surface area (Å²) < 4.78 is 29.9. The van der Waals surface area contributed by atoms with E-state index in [-0.39, 0.29) is 35.2 Å². The predicted molar refractivity (Wildman–Crippen MR) is 126 cm³/mol. The Kier molecular flexibility index (Phi) is 5.98. The van der Waals surface area contributed by atoms with E-state index in [4.69, 9.17) is 4.74 Å². The van der Waals surface area contributed by atoms with E-state index in [9.17, 15) is 13.2 Å². The number of methoxy groups -OCH3 is 1. The van der Waals surface area contributed by atoms with Crippen molar-refractivity contribution >= 4 is 44.0 Å². The van der Waals surface area contributed by atoms with Crippen LogP contribution in [0.2, 0.25) is 0 Å². The van der Waals surface area contributed by atoms with Gasteiger partial charge in [-0.3, -0.25) is 9.79 Å². The average Bonchev–Trinajstić information content (AvgIpc) is 3.19. The first-order valence-corrected chi connectivity index (χ1v) is 12.8. The third-order valence-corrected chi connectivity index (χ3v) is 8.11. The Morgan fingerprint density at radius 1 is 1.23 bits per heavy atom. The number of carbonyl (C=O) groups excluding carboxylic acids is 1. The van der Waals surface area contributed by atoms with Gasteiger partial charge in [0.2, 0.25) is 5.91 Å². The number of carbonyl (C=O) groups is 1. The highest BCUT2D eigenvalue weighted by Crippen LogP contribution is 2.39. The predicted octanol–water partition coefficient (Wildman–Crippen LogP) is 3.03. The maximum absolute atomic E-state index is 12.6. The van der Waals surface area contributed by atoms with Crippen molar-refractivity contribution in [3.63, 3.8) is 0 Å². The number of sulfone groups is 1. The number of anilines is 2. The van der Waals surface area contributed by atoms with Crippen molar-refractivity contribution in [3.8, 4) is 5.75 Å². The molecule has 0 unspecified atom stereocenters. The summed E-state index contributed by atoms with van der Waals surface area (Å²) in [6.45, 7) is 3.97. The number of aryl methyl sites for hydroxylation is 2. The van der Waals surface area contributed by atoms with Crippen molar-refractivity contribution in [2.45, 2.75) is 25.9 Å². The van der Waals surface area contributed by atoms with Crippen LogP contribution in [0.25, 0.3) is 0 Å². The monoisotopic (exact) mass is 459 g/mol. The van der Waals surface area contributed by atoms with Crippen molar-refractivity contribution in [2.75, 3.05) is 34.6 Å². The molecular weight excluding hydrogens is 434 g/mol. The van der Waals surface area contributed by atoms with E-state index in [1.807, 2.05) is 61.2 Å². The molecule has 1 saturated heterocycles. The van der Waals surface area contributed by atoms with Crippen molar-refractivity contribution < 1.29 is 17.9 Å². The summed E-state index contributed by atoms with van der Waals surface area (Å²) in [5, 5.41) is 3.59. The highest BCUT2D eigenvalue weighted by molar-refractivity contribution is 8.14. The second-order valence-corrected chi connectivity index (χ2v) is 10.9. The standard InChI is InChI=1S/C22H25N3O4S2/c1-14-8-9-16(15(2)10-14)23-21(26)11-30-22-24-17-12-31(27,28)13-19(17)25(22)18-6-4-5-7-20(18)29-3/h4-10,17,19H,11-13H2,1-3H3,(H,23,26)/t17-,19-/m0/s1. The molecule has 0 spiro atoms. The average molecular weight is 460 g/mol. The van der Waals surface area contributed by atoms with Crippen LogP contribution in [0, 0.1) is 13.8 Å². The van der Waals surface area contributed by atoms with E-state index in [0.29, 0.717) is 10.9 Å². The number of amidine groups is 1. The fourth-order valence-corrected chi connectivity index (χ4v) is 6.77. The van der Waals surface area contributed by atoms with Crippen LogP contribution in [0.4, 0.5) is 11.4 Å². The normalized spacial score (nSPS) is 21.5. The molecule has 0 aromatic heterocycles. The molecule has 2 aliphatic rings. The van der Waals surface area contributed by atoms with E-state index in [1.165, 1.54) is 11.8 Å². The molecule has 7 nitrogen and oxygen atoms in total. The van der Waals surface area contributed by atoms with Crippen molar-refractivity contribution in [2.24, 2.45) is 4.99 Å². The molecule has 31 heavy (non-hydrogen) atoms. The van der Waals surface area contributed by atoms with Gasteiger partial charge in [0.05, 0.1) is 42.1 Å². The Bertz CT molecular complexity index is 1150. The zero-order chi connectivity index (χ0) is 22.2. The second-order valence-electron chi connectivity index (χ2n) is 7.82. The highest BCUT2D eigenvalue weighted by atomic mass is 32.2. The summed E-state index contributed by atoms with van der Waals surface area (Å²) in [6.07, 6.45) is 0.